The second-order valence-corrected chi connectivity index (χ2v) is 20.6. The molecule has 0 atom stereocenters. The number of allylic oxidation sites excluding steroid dienone is 7. The molecule has 1 aliphatic heterocycles. The van der Waals surface area contributed by atoms with Gasteiger partial charge in [-0.15, -0.1) is 0 Å². The normalized spacial score (nSPS) is 13.5. The van der Waals surface area contributed by atoms with Crippen LogP contribution in [0.25, 0.3) is 123 Å². The Morgan fingerprint density at radius 1 is 0.615 bits per heavy atom. The summed E-state index contributed by atoms with van der Waals surface area (Å²) in [6, 6.07) is 46.7. The third kappa shape index (κ3) is 7.64. The van der Waals surface area contributed by atoms with E-state index in [1.54, 1.807) is 0 Å². The predicted octanol–water partition coefficient (Wildman–Crippen LogP) is 19.6. The smallest absolute Gasteiger partial charge is 0.0894 e. The van der Waals surface area contributed by atoms with Gasteiger partial charge in [-0.2, -0.15) is 4.99 Å². The van der Waals surface area contributed by atoms with Crippen LogP contribution in [-0.2, 0) is 12.8 Å². The second kappa shape index (κ2) is 19.9. The minimum Gasteiger partial charge on any atom is -0.398 e. The molecule has 13 rings (SSSR count). The number of rotatable bonds is 11. The average Bonchev–Trinajstić information content (AvgIpc) is 4.12. The number of benzene rings is 9. The molecule has 0 spiro atoms. The Kier molecular flexibility index (Phi) is 12.3. The average molecular weight is 1000 g/mol. The van der Waals surface area contributed by atoms with Crippen molar-refractivity contribution in [1.82, 2.24) is 4.98 Å². The lowest BCUT2D eigenvalue weighted by Gasteiger charge is -2.22. The van der Waals surface area contributed by atoms with Crippen LogP contribution in [0, 0.1) is 6.92 Å². The second-order valence-electron chi connectivity index (χ2n) is 20.6. The molecule has 10 aromatic rings. The van der Waals surface area contributed by atoms with Crippen LogP contribution in [0.5, 0.6) is 0 Å². The van der Waals surface area contributed by atoms with Gasteiger partial charge in [0, 0.05) is 57.2 Å². The lowest BCUT2D eigenvalue weighted by Crippen LogP contribution is -1.99. The zero-order valence-electron chi connectivity index (χ0n) is 44.8. The van der Waals surface area contributed by atoms with Gasteiger partial charge in [0.05, 0.1) is 16.9 Å². The first-order valence-electron chi connectivity index (χ1n) is 27.4. The van der Waals surface area contributed by atoms with Gasteiger partial charge in [-0.1, -0.05) is 165 Å². The fourth-order valence-electron chi connectivity index (χ4n) is 12.9. The van der Waals surface area contributed by atoms with Gasteiger partial charge in [0.2, 0.25) is 0 Å². The third-order valence-corrected chi connectivity index (χ3v) is 16.3. The van der Waals surface area contributed by atoms with Crippen LogP contribution in [0.4, 0.5) is 11.4 Å². The number of nitrogens with zero attached hydrogens (tertiary/aromatic N) is 3. The maximum Gasteiger partial charge on any atom is 0.0894 e. The fourth-order valence-corrected chi connectivity index (χ4v) is 12.9. The summed E-state index contributed by atoms with van der Waals surface area (Å²) in [5.41, 5.74) is 36.8. The van der Waals surface area contributed by atoms with Crippen molar-refractivity contribution < 1.29 is 0 Å². The molecule has 2 N–H and O–H groups in total. The van der Waals surface area contributed by atoms with Gasteiger partial charge in [0.15, 0.2) is 0 Å². The predicted molar refractivity (Wildman–Crippen MR) is 336 cm³/mol. The quantitative estimate of drug-likeness (QED) is 0.0607. The Hall–Kier alpha value is -9.43. The van der Waals surface area contributed by atoms with Crippen molar-refractivity contribution in [3.05, 3.63) is 232 Å². The van der Waals surface area contributed by atoms with Crippen molar-refractivity contribution in [2.45, 2.75) is 60.3 Å². The first-order valence-corrected chi connectivity index (χ1v) is 27.4. The molecule has 374 valence electrons. The summed E-state index contributed by atoms with van der Waals surface area (Å²) in [5, 5.41) is 8.29. The Labute approximate surface area is 456 Å². The number of aryl methyl sites for hydroxylation is 1. The summed E-state index contributed by atoms with van der Waals surface area (Å²) in [4.78, 5) is 15.3. The van der Waals surface area contributed by atoms with Gasteiger partial charge in [-0.3, -0.25) is 9.98 Å². The van der Waals surface area contributed by atoms with Gasteiger partial charge in [-0.05, 0) is 199 Å². The van der Waals surface area contributed by atoms with Crippen LogP contribution in [0.2, 0.25) is 0 Å². The number of nitrogens with two attached hydrogens (primary N) is 1. The van der Waals surface area contributed by atoms with E-state index in [0.717, 1.165) is 92.4 Å². The van der Waals surface area contributed by atoms with Crippen LogP contribution < -0.4 is 5.73 Å². The summed E-state index contributed by atoms with van der Waals surface area (Å²) in [6.07, 6.45) is 28.9. The van der Waals surface area contributed by atoms with Crippen molar-refractivity contribution in [2.24, 2.45) is 9.98 Å². The summed E-state index contributed by atoms with van der Waals surface area (Å²) < 4.78 is 0. The first kappa shape index (κ1) is 48.2. The number of unbranched alkanes of at least 4 members (excludes halogenated alkanes) is 1. The fraction of sp³-hybridized carbons (Fsp3) is 0.122. The molecule has 2 aliphatic carbocycles. The number of anilines is 1. The third-order valence-electron chi connectivity index (χ3n) is 16.3. The molecule has 0 fully saturated rings. The number of hydrogen-bond donors (Lipinski definition) is 1. The zero-order chi connectivity index (χ0) is 53.0. The molecule has 1 aromatic heterocycles. The van der Waals surface area contributed by atoms with Crippen LogP contribution in [0.3, 0.4) is 0 Å². The number of nitrogen functional groups attached to an aromatic ring is 1. The van der Waals surface area contributed by atoms with E-state index in [-0.39, 0.29) is 0 Å². The number of aromatic nitrogens is 1. The van der Waals surface area contributed by atoms with E-state index >= 15 is 0 Å². The molecule has 0 bridgehead atoms. The van der Waals surface area contributed by atoms with Crippen molar-refractivity contribution in [2.75, 3.05) is 5.73 Å². The molecule has 4 nitrogen and oxygen atoms in total. The largest absolute Gasteiger partial charge is 0.398 e. The van der Waals surface area contributed by atoms with Gasteiger partial charge in [0.1, 0.15) is 0 Å². The van der Waals surface area contributed by atoms with E-state index in [4.69, 9.17) is 20.7 Å². The lowest BCUT2D eigenvalue weighted by molar-refractivity contribution is 0.959. The minimum absolute atomic E-state index is 0.719. The molecule has 78 heavy (non-hydrogen) atoms. The highest BCUT2D eigenvalue weighted by molar-refractivity contribution is 6.20. The Balaban J connectivity index is 1.15. The van der Waals surface area contributed by atoms with Gasteiger partial charge in [-0.25, -0.2) is 0 Å². The number of hydrogen-bond acceptors (Lipinski definition) is 4. The maximum absolute atomic E-state index is 7.30. The first-order chi connectivity index (χ1) is 38.4. The number of pyridine rings is 1. The summed E-state index contributed by atoms with van der Waals surface area (Å²) in [7, 11) is 0. The Morgan fingerprint density at radius 2 is 1.29 bits per heavy atom. The van der Waals surface area contributed by atoms with E-state index in [2.05, 4.69) is 196 Å². The summed E-state index contributed by atoms with van der Waals surface area (Å²) in [6.45, 7) is 10.8. The van der Waals surface area contributed by atoms with E-state index in [9.17, 15) is 0 Å². The molecule has 0 unspecified atom stereocenters. The van der Waals surface area contributed by atoms with Crippen LogP contribution in [0.1, 0.15) is 90.6 Å². The molecule has 0 saturated carbocycles. The highest BCUT2D eigenvalue weighted by Crippen LogP contribution is 2.58. The molecular weight excluding hydrogens is 945 g/mol. The molecule has 0 radical (unpaired) electrons. The van der Waals surface area contributed by atoms with Crippen LogP contribution >= 0.6 is 0 Å². The summed E-state index contributed by atoms with van der Waals surface area (Å²) in [5.74, 6) is 3.08. The van der Waals surface area contributed by atoms with Crippen LogP contribution in [-0.4, -0.2) is 17.1 Å². The lowest BCUT2D eigenvalue weighted by atomic mass is 9.81. The zero-order valence-corrected chi connectivity index (χ0v) is 44.8. The number of para-hydroxylation sites is 3. The highest BCUT2D eigenvalue weighted by atomic mass is 14.7. The van der Waals surface area contributed by atoms with Crippen molar-refractivity contribution in [3.63, 3.8) is 0 Å². The molecule has 2 heterocycles. The van der Waals surface area contributed by atoms with Gasteiger partial charge >= 0.3 is 0 Å². The molecule has 0 saturated heterocycles. The van der Waals surface area contributed by atoms with Crippen molar-refractivity contribution >= 4 is 90.6 Å². The topological polar surface area (TPSA) is 63.6 Å². The van der Waals surface area contributed by atoms with E-state index in [1.165, 1.54) is 99.3 Å². The van der Waals surface area contributed by atoms with E-state index < -0.39 is 0 Å². The molecule has 0 amide bonds. The van der Waals surface area contributed by atoms with Gasteiger partial charge in [0.25, 0.3) is 0 Å². The highest BCUT2D eigenvalue weighted by Gasteiger charge is 2.36. The number of fused-ring (bicyclic) bond motifs is 11. The Morgan fingerprint density at radius 3 is 2.10 bits per heavy atom. The van der Waals surface area contributed by atoms with E-state index in [0.29, 0.717) is 0 Å². The number of aliphatic imine (C=N–C) groups is 2. The molecule has 4 heteroatoms. The van der Waals surface area contributed by atoms with Crippen molar-refractivity contribution in [1.29, 1.82) is 0 Å². The SMILES string of the molecule is C\C=C/C=N\C(=C/C=C\CCC)c1c2c(c(-c3cccc4cccnc34)c3ccccc13)Cc1c-2cc2c(/C=C\C)c3c(cc2c1C)-c1c(c(-c2cccc(/C=C\C)c2N)c2ccccc2c1-c1cccc2c1N=C=C=C2)C3. The van der Waals surface area contributed by atoms with Crippen molar-refractivity contribution in [3.8, 4) is 55.6 Å². The van der Waals surface area contributed by atoms with Crippen LogP contribution in [0.15, 0.2) is 192 Å². The summed E-state index contributed by atoms with van der Waals surface area (Å²) >= 11 is 0. The standard InChI is InChI=1S/C74H58N4/c1-6-10-12-13-37-65(76-38-11-7-2)71-53-33-17-15-31-51(53)67(55-35-19-26-47-28-21-39-77-73(47)55)63-42-58-45(5)57-41-62-60(49(24-9-4)59(57)43-61(58)70(63)71)44-64-66(54-34-18-25-46(23-8-3)72(54)75)50-30-14-16-32-52(50)68(69(62)64)56-36-20-27-48-29-22-40-78-74(48)56/h7-9,11-21,23-39,41,43H,6,10,42,44,75H2,1-5H3/b11-7-,13-12-,23-8-,24-9-,65-37-,76-38-. The maximum atomic E-state index is 7.30. The molecule has 9 aromatic carbocycles. The minimum atomic E-state index is 0.719. The van der Waals surface area contributed by atoms with Gasteiger partial charge < -0.3 is 5.73 Å². The molecular formula is C74H58N4. The monoisotopic (exact) mass is 1000 g/mol. The molecule has 3 aliphatic rings. The Bertz CT molecular complexity index is 4510. The van der Waals surface area contributed by atoms with E-state index in [1.807, 2.05) is 50.6 Å².